The van der Waals surface area contributed by atoms with Crippen molar-refractivity contribution < 1.29 is 17.6 Å². The zero-order valence-corrected chi connectivity index (χ0v) is 16.4. The highest BCUT2D eigenvalue weighted by Gasteiger charge is 2.23. The average molecular weight is 393 g/mol. The number of amides is 1. The number of halogens is 1. The fourth-order valence-electron chi connectivity index (χ4n) is 2.63. The highest BCUT2D eigenvalue weighted by atomic mass is 32.2. The summed E-state index contributed by atoms with van der Waals surface area (Å²) in [5.74, 6) is -0.956. The first-order chi connectivity index (χ1) is 12.8. The van der Waals surface area contributed by atoms with Gasteiger partial charge < -0.3 is 10.6 Å². The van der Waals surface area contributed by atoms with Crippen molar-refractivity contribution in [2.75, 3.05) is 30.3 Å². The van der Waals surface area contributed by atoms with Gasteiger partial charge in [0.25, 0.3) is 0 Å². The molecule has 2 rings (SSSR count). The van der Waals surface area contributed by atoms with Gasteiger partial charge in [-0.15, -0.1) is 0 Å². The molecule has 146 valence electrons. The molecule has 0 heterocycles. The number of rotatable bonds is 8. The number of carbonyl (C=O) groups excluding carboxylic acids is 1. The molecule has 0 aromatic heterocycles. The molecule has 0 aliphatic carbocycles. The minimum atomic E-state index is -3.60. The van der Waals surface area contributed by atoms with Crippen molar-refractivity contribution in [3.8, 4) is 0 Å². The van der Waals surface area contributed by atoms with Crippen LogP contribution in [0.3, 0.4) is 0 Å². The van der Waals surface area contributed by atoms with Crippen LogP contribution in [0.1, 0.15) is 19.4 Å². The fraction of sp³-hybridized carbons (Fsp3) is 0.316. The van der Waals surface area contributed by atoms with Gasteiger partial charge in [-0.05, 0) is 36.8 Å². The predicted molar refractivity (Wildman–Crippen MR) is 105 cm³/mol. The molecule has 0 spiro atoms. The summed E-state index contributed by atoms with van der Waals surface area (Å²) in [4.78, 5) is 12.2. The quantitative estimate of drug-likeness (QED) is 0.722. The van der Waals surface area contributed by atoms with E-state index in [9.17, 15) is 17.6 Å². The molecular weight excluding hydrogens is 369 g/mol. The van der Waals surface area contributed by atoms with Gasteiger partial charge in [-0.3, -0.25) is 4.79 Å². The third-order valence-corrected chi connectivity index (χ3v) is 6.30. The number of anilines is 2. The van der Waals surface area contributed by atoms with Crippen LogP contribution >= 0.6 is 0 Å². The van der Waals surface area contributed by atoms with E-state index in [4.69, 9.17) is 0 Å². The van der Waals surface area contributed by atoms with Crippen LogP contribution in [0.15, 0.2) is 47.4 Å². The molecule has 0 aliphatic rings. The molecule has 2 aromatic carbocycles. The van der Waals surface area contributed by atoms with Crippen molar-refractivity contribution in [2.45, 2.75) is 25.7 Å². The summed E-state index contributed by atoms with van der Waals surface area (Å²) in [6, 6.07) is 10.8. The standard InChI is InChI=1S/C19H24FN3O3S/c1-4-23(5-2)27(25,26)18-12-15(11-10-14(18)3)21-13-19(24)22-17-9-7-6-8-16(17)20/h6-12,21H,4-5,13H2,1-3H3,(H,22,24). The van der Waals surface area contributed by atoms with Crippen LogP contribution in [-0.2, 0) is 14.8 Å². The summed E-state index contributed by atoms with van der Waals surface area (Å²) in [6.45, 7) is 5.92. The topological polar surface area (TPSA) is 78.5 Å². The van der Waals surface area contributed by atoms with Crippen LogP contribution in [0.2, 0.25) is 0 Å². The van der Waals surface area contributed by atoms with Crippen LogP contribution in [-0.4, -0.2) is 38.3 Å². The summed E-state index contributed by atoms with van der Waals surface area (Å²) < 4.78 is 40.5. The lowest BCUT2D eigenvalue weighted by molar-refractivity contribution is -0.114. The number of benzene rings is 2. The van der Waals surface area contributed by atoms with E-state index in [1.807, 2.05) is 0 Å². The largest absolute Gasteiger partial charge is 0.376 e. The minimum absolute atomic E-state index is 0.0954. The van der Waals surface area contributed by atoms with Gasteiger partial charge >= 0.3 is 0 Å². The van der Waals surface area contributed by atoms with E-state index < -0.39 is 21.7 Å². The number of hydrogen-bond donors (Lipinski definition) is 2. The Hall–Kier alpha value is -2.45. The maximum Gasteiger partial charge on any atom is 0.243 e. The van der Waals surface area contributed by atoms with Gasteiger partial charge in [-0.1, -0.05) is 32.0 Å². The molecule has 27 heavy (non-hydrogen) atoms. The Morgan fingerprint density at radius 3 is 2.41 bits per heavy atom. The maximum absolute atomic E-state index is 13.6. The van der Waals surface area contributed by atoms with Crippen molar-refractivity contribution in [1.29, 1.82) is 0 Å². The van der Waals surface area contributed by atoms with Crippen molar-refractivity contribution in [2.24, 2.45) is 0 Å². The first kappa shape index (κ1) is 20.9. The zero-order valence-electron chi connectivity index (χ0n) is 15.6. The molecule has 0 fully saturated rings. The first-order valence-corrected chi connectivity index (χ1v) is 10.1. The number of nitrogens with zero attached hydrogens (tertiary/aromatic N) is 1. The van der Waals surface area contributed by atoms with Crippen LogP contribution in [0.4, 0.5) is 15.8 Å². The van der Waals surface area contributed by atoms with Crippen molar-refractivity contribution >= 4 is 27.3 Å². The lowest BCUT2D eigenvalue weighted by atomic mass is 10.2. The molecule has 0 aliphatic heterocycles. The Morgan fingerprint density at radius 2 is 1.78 bits per heavy atom. The highest BCUT2D eigenvalue weighted by Crippen LogP contribution is 2.23. The molecular formula is C19H24FN3O3S. The Labute approximate surface area is 159 Å². The van der Waals surface area contributed by atoms with Crippen molar-refractivity contribution in [3.63, 3.8) is 0 Å². The third kappa shape index (κ3) is 5.05. The summed E-state index contributed by atoms with van der Waals surface area (Å²) in [5, 5.41) is 5.35. The van der Waals surface area contributed by atoms with Crippen LogP contribution in [0, 0.1) is 12.7 Å². The van der Waals surface area contributed by atoms with E-state index in [0.717, 1.165) is 0 Å². The van der Waals surface area contributed by atoms with Crippen LogP contribution < -0.4 is 10.6 Å². The Balaban J connectivity index is 2.12. The zero-order chi connectivity index (χ0) is 20.0. The van der Waals surface area contributed by atoms with Gasteiger partial charge in [0, 0.05) is 18.8 Å². The maximum atomic E-state index is 13.6. The summed E-state index contributed by atoms with van der Waals surface area (Å²) in [6.07, 6.45) is 0. The molecule has 0 radical (unpaired) electrons. The van der Waals surface area contributed by atoms with E-state index in [1.54, 1.807) is 39.0 Å². The lowest BCUT2D eigenvalue weighted by Crippen LogP contribution is -2.31. The summed E-state index contributed by atoms with van der Waals surface area (Å²) in [5.41, 5.74) is 1.22. The Bertz CT molecular complexity index is 912. The van der Waals surface area contributed by atoms with Crippen molar-refractivity contribution in [3.05, 3.63) is 53.8 Å². The van der Waals surface area contributed by atoms with Gasteiger partial charge in [0.2, 0.25) is 15.9 Å². The number of para-hydroxylation sites is 1. The highest BCUT2D eigenvalue weighted by molar-refractivity contribution is 7.89. The van der Waals surface area contributed by atoms with Gasteiger partial charge in [-0.2, -0.15) is 4.31 Å². The monoisotopic (exact) mass is 393 g/mol. The van der Waals surface area contributed by atoms with E-state index in [2.05, 4.69) is 10.6 Å². The van der Waals surface area contributed by atoms with E-state index >= 15 is 0 Å². The lowest BCUT2D eigenvalue weighted by Gasteiger charge is -2.20. The van der Waals surface area contributed by atoms with E-state index in [1.165, 1.54) is 28.6 Å². The van der Waals surface area contributed by atoms with E-state index in [0.29, 0.717) is 24.3 Å². The summed E-state index contributed by atoms with van der Waals surface area (Å²) >= 11 is 0. The predicted octanol–water partition coefficient (Wildman–Crippen LogP) is 3.22. The number of carbonyl (C=O) groups is 1. The molecule has 0 saturated carbocycles. The molecule has 0 bridgehead atoms. The average Bonchev–Trinajstić information content (AvgIpc) is 2.63. The summed E-state index contributed by atoms with van der Waals surface area (Å²) in [7, 11) is -3.60. The molecule has 0 atom stereocenters. The van der Waals surface area contributed by atoms with E-state index in [-0.39, 0.29) is 17.1 Å². The fourth-order valence-corrected chi connectivity index (χ4v) is 4.34. The molecule has 2 N–H and O–H groups in total. The number of sulfonamides is 1. The molecule has 0 saturated heterocycles. The van der Waals surface area contributed by atoms with Crippen molar-refractivity contribution in [1.82, 2.24) is 4.31 Å². The molecule has 1 amide bonds. The second-order valence-corrected chi connectivity index (χ2v) is 7.86. The van der Waals surface area contributed by atoms with Gasteiger partial charge in [0.1, 0.15) is 5.82 Å². The Morgan fingerprint density at radius 1 is 1.11 bits per heavy atom. The van der Waals surface area contributed by atoms with Gasteiger partial charge in [0.15, 0.2) is 0 Å². The van der Waals surface area contributed by atoms with Crippen LogP contribution in [0.5, 0.6) is 0 Å². The van der Waals surface area contributed by atoms with Gasteiger partial charge in [-0.25, -0.2) is 12.8 Å². The second-order valence-electron chi connectivity index (χ2n) is 5.95. The molecule has 6 nitrogen and oxygen atoms in total. The molecule has 8 heteroatoms. The third-order valence-electron chi connectivity index (χ3n) is 4.11. The number of nitrogens with one attached hydrogen (secondary N) is 2. The van der Waals surface area contributed by atoms with Gasteiger partial charge in [0.05, 0.1) is 17.1 Å². The second kappa shape index (κ2) is 8.96. The minimum Gasteiger partial charge on any atom is -0.376 e. The van der Waals surface area contributed by atoms with Crippen LogP contribution in [0.25, 0.3) is 0 Å². The number of aryl methyl sites for hydroxylation is 1. The normalized spacial score (nSPS) is 11.4. The smallest absolute Gasteiger partial charge is 0.243 e. The SMILES string of the molecule is CCN(CC)S(=O)(=O)c1cc(NCC(=O)Nc2ccccc2F)ccc1C. The first-order valence-electron chi connectivity index (χ1n) is 8.68. The molecule has 0 unspecified atom stereocenters. The Kier molecular flexibility index (Phi) is 6.92. The molecule has 2 aromatic rings. The number of hydrogen-bond acceptors (Lipinski definition) is 4.